The van der Waals surface area contributed by atoms with Gasteiger partial charge in [0, 0.05) is 55.1 Å². The molecule has 8 aromatic carbocycles. The van der Waals surface area contributed by atoms with Crippen LogP contribution in [-0.4, -0.2) is 29.1 Å². The first kappa shape index (κ1) is 38.2. The Morgan fingerprint density at radius 1 is 0.329 bits per heavy atom. The molecule has 0 saturated heterocycles. The van der Waals surface area contributed by atoms with Crippen LogP contribution in [0.25, 0.3) is 87.8 Å². The summed E-state index contributed by atoms with van der Waals surface area (Å²) in [5, 5.41) is 8.43. The highest BCUT2D eigenvalue weighted by molar-refractivity contribution is 7.10. The molecule has 0 spiro atoms. The van der Waals surface area contributed by atoms with Crippen molar-refractivity contribution in [1.29, 1.82) is 0 Å². The maximum absolute atomic E-state index is 2.90. The number of nitrogens with zero attached hydrogens (tertiary/aromatic N) is 3. The maximum atomic E-state index is 2.90. The van der Waals surface area contributed by atoms with Crippen molar-refractivity contribution in [3.05, 3.63) is 119 Å². The zero-order valence-corrected chi connectivity index (χ0v) is 42.3. The van der Waals surface area contributed by atoms with Crippen LogP contribution in [0.3, 0.4) is 0 Å². The fraction of sp³-hybridized carbons (Fsp3) is 0.250. The molecule has 332 valence electrons. The lowest BCUT2D eigenvalue weighted by Crippen LogP contribution is -2.71. The van der Waals surface area contributed by atoms with Crippen LogP contribution in [0.2, 0.25) is 0 Å². The third kappa shape index (κ3) is 3.84. The van der Waals surface area contributed by atoms with E-state index < -0.39 is 0 Å². The molecule has 0 amide bonds. The quantitative estimate of drug-likeness (QED) is 0.138. The molecule has 0 aliphatic carbocycles. The monoisotopic (exact) mass is 895 g/mol. The first-order chi connectivity index (χ1) is 33.3. The molecule has 11 aromatic rings. The Morgan fingerprint density at radius 3 is 1.46 bits per heavy atom. The summed E-state index contributed by atoms with van der Waals surface area (Å²) in [7, 11) is 0. The van der Waals surface area contributed by atoms with Gasteiger partial charge in [0.1, 0.15) is 0 Å². The van der Waals surface area contributed by atoms with Crippen LogP contribution in [0.1, 0.15) is 105 Å². The SMILES string of the molecule is CC(C)(C)c1ccc2c(c1)-c1cc3c4c5c1B2c1ccc2c6c1N5c1c(cc5c7cc(C(C)(C)C)cc8c9cc%10c%11cc(C(C)(C)C)ccc%11n-2c%10c2c9n(c5c1B62)c78)B4c1ccc(C(C)(C)C)cc1-3. The molecular weight excluding hydrogens is 843 g/mol. The summed E-state index contributed by atoms with van der Waals surface area (Å²) >= 11 is 0. The Morgan fingerprint density at radius 2 is 0.829 bits per heavy atom. The minimum atomic E-state index is -0.0177. The Labute approximate surface area is 410 Å². The Kier molecular flexibility index (Phi) is 5.89. The molecule has 0 saturated carbocycles. The number of hydrogen-bond acceptors (Lipinski definition) is 1. The highest BCUT2D eigenvalue weighted by atomic mass is 15.2. The second-order valence-corrected chi connectivity index (χ2v) is 26.9. The average molecular weight is 896 g/mol. The molecule has 10 heterocycles. The van der Waals surface area contributed by atoms with Crippen LogP contribution in [-0.2, 0) is 21.7 Å². The number of anilines is 3. The molecule has 70 heavy (non-hydrogen) atoms. The predicted octanol–water partition coefficient (Wildman–Crippen LogP) is 9.67. The molecule has 0 unspecified atom stereocenters. The minimum absolute atomic E-state index is 0.0177. The summed E-state index contributed by atoms with van der Waals surface area (Å²) in [6, 6.07) is 40.9. The third-order valence-corrected chi connectivity index (χ3v) is 19.1. The van der Waals surface area contributed by atoms with Crippen molar-refractivity contribution in [2.75, 3.05) is 4.90 Å². The topological polar surface area (TPSA) is 12.6 Å². The van der Waals surface area contributed by atoms with Crippen LogP contribution in [0, 0.1) is 0 Å². The van der Waals surface area contributed by atoms with Gasteiger partial charge in [0.15, 0.2) is 0 Å². The molecule has 7 aliphatic heterocycles. The number of rotatable bonds is 0. The molecule has 18 rings (SSSR count). The molecule has 0 atom stereocenters. The van der Waals surface area contributed by atoms with Crippen LogP contribution in [0.15, 0.2) is 97.1 Å². The van der Waals surface area contributed by atoms with E-state index in [4.69, 9.17) is 0 Å². The zero-order valence-electron chi connectivity index (χ0n) is 42.3. The van der Waals surface area contributed by atoms with Crippen LogP contribution >= 0.6 is 0 Å². The van der Waals surface area contributed by atoms with Crippen LogP contribution in [0.5, 0.6) is 0 Å². The largest absolute Gasteiger partial charge is 0.313 e. The van der Waals surface area contributed by atoms with Crippen molar-refractivity contribution < 1.29 is 0 Å². The van der Waals surface area contributed by atoms with E-state index in [0.29, 0.717) is 0 Å². The summed E-state index contributed by atoms with van der Waals surface area (Å²) < 4.78 is 5.52. The van der Waals surface area contributed by atoms with E-state index in [1.165, 1.54) is 176 Å². The van der Waals surface area contributed by atoms with E-state index in [9.17, 15) is 0 Å². The van der Waals surface area contributed by atoms with Gasteiger partial charge in [-0.1, -0.05) is 149 Å². The smallest absolute Gasteiger partial charge is 0.257 e. The van der Waals surface area contributed by atoms with Crippen molar-refractivity contribution in [2.45, 2.75) is 105 Å². The van der Waals surface area contributed by atoms with Crippen LogP contribution in [0.4, 0.5) is 17.1 Å². The highest BCUT2D eigenvalue weighted by Gasteiger charge is 2.58. The van der Waals surface area contributed by atoms with Gasteiger partial charge in [0.2, 0.25) is 13.4 Å². The highest BCUT2D eigenvalue weighted by Crippen LogP contribution is 2.53. The second-order valence-electron chi connectivity index (χ2n) is 26.9. The van der Waals surface area contributed by atoms with Gasteiger partial charge in [-0.25, -0.2) is 0 Å². The molecule has 3 aromatic heterocycles. The maximum Gasteiger partial charge on any atom is 0.257 e. The lowest BCUT2D eigenvalue weighted by molar-refractivity contribution is 0.590. The molecule has 0 radical (unpaired) electrons. The molecule has 7 aliphatic rings. The third-order valence-electron chi connectivity index (χ3n) is 19.1. The lowest BCUT2D eigenvalue weighted by Gasteiger charge is -2.50. The van der Waals surface area contributed by atoms with Crippen molar-refractivity contribution in [1.82, 2.24) is 8.97 Å². The Bertz CT molecular complexity index is 4530. The van der Waals surface area contributed by atoms with Crippen molar-refractivity contribution in [3.63, 3.8) is 0 Å². The van der Waals surface area contributed by atoms with Gasteiger partial charge >= 0.3 is 0 Å². The minimum Gasteiger partial charge on any atom is -0.313 e. The second kappa shape index (κ2) is 10.8. The van der Waals surface area contributed by atoms with Gasteiger partial charge in [-0.2, -0.15) is 0 Å². The van der Waals surface area contributed by atoms with E-state index >= 15 is 0 Å². The fourth-order valence-electron chi connectivity index (χ4n) is 15.9. The molecule has 0 fully saturated rings. The van der Waals surface area contributed by atoms with Gasteiger partial charge < -0.3 is 13.9 Å². The molecule has 6 heteroatoms. The predicted molar refractivity (Wildman–Crippen MR) is 303 cm³/mol. The van der Waals surface area contributed by atoms with Gasteiger partial charge in [-0.3, -0.25) is 0 Å². The lowest BCUT2D eigenvalue weighted by atomic mass is 9.26. The van der Waals surface area contributed by atoms with E-state index in [2.05, 4.69) is 194 Å². The Balaban J connectivity index is 1.10. The molecule has 0 bridgehead atoms. The van der Waals surface area contributed by atoms with Gasteiger partial charge in [0.05, 0.1) is 27.6 Å². The molecule has 3 nitrogen and oxygen atoms in total. The van der Waals surface area contributed by atoms with E-state index in [1.807, 2.05) is 0 Å². The average Bonchev–Trinajstić information content (AvgIpc) is 4.11. The van der Waals surface area contributed by atoms with E-state index in [0.717, 1.165) is 0 Å². The summed E-state index contributed by atoms with van der Waals surface area (Å²) in [5.74, 6) is 0. The normalized spacial score (nSPS) is 15.9. The first-order valence-electron chi connectivity index (χ1n) is 26.1. The van der Waals surface area contributed by atoms with Gasteiger partial charge in [0.25, 0.3) is 6.71 Å². The Hall–Kier alpha value is -6.65. The standard InChI is InChI=1S/C64H52B3N3/c1-61(2,3)29-13-16-43-33(21-29)36-26-37-34-22-30(62(4,5)6)14-17-44(34)66-46-28-42-39-25-32(64(10,11)12)24-38-41-27-40-35-23-31(63(7,8)9)15-19-47(35)68-48-20-18-45-58-51(48)67-52(55(40)68)56(41)69(54(38)39)57(42)53(67)59(46)70(58)60(50(37)66)49(36)65(43)45/h13-28H,1-12H3. The summed E-state index contributed by atoms with van der Waals surface area (Å²) in [6.07, 6.45) is 0. The number of aromatic nitrogens is 2. The first-order valence-corrected chi connectivity index (χ1v) is 26.1. The molecular formula is C64H52B3N3. The summed E-state index contributed by atoms with van der Waals surface area (Å²) in [5.41, 5.74) is 37.7. The van der Waals surface area contributed by atoms with Crippen molar-refractivity contribution in [2.24, 2.45) is 0 Å². The number of hydrogen-bond donors (Lipinski definition) is 0. The van der Waals surface area contributed by atoms with Gasteiger partial charge in [-0.05, 0) is 147 Å². The van der Waals surface area contributed by atoms with Crippen molar-refractivity contribution in [3.8, 4) is 27.9 Å². The van der Waals surface area contributed by atoms with E-state index in [1.54, 1.807) is 0 Å². The zero-order chi connectivity index (χ0) is 47.3. The summed E-state index contributed by atoms with van der Waals surface area (Å²) in [6.45, 7) is 28.9. The van der Waals surface area contributed by atoms with E-state index in [-0.39, 0.29) is 41.8 Å². The van der Waals surface area contributed by atoms with Gasteiger partial charge in [-0.15, -0.1) is 0 Å². The number of fused-ring (bicyclic) bond motifs is 14. The van der Waals surface area contributed by atoms with Crippen LogP contribution < -0.4 is 54.1 Å². The number of benzene rings is 8. The fourth-order valence-corrected chi connectivity index (χ4v) is 15.9. The van der Waals surface area contributed by atoms with Crippen molar-refractivity contribution >= 4 is 146 Å². The summed E-state index contributed by atoms with van der Waals surface area (Å²) in [4.78, 5) is 2.90. The molecule has 0 N–H and O–H groups in total.